The number of benzene rings is 2. The first-order chi connectivity index (χ1) is 14.2. The fourth-order valence-electron chi connectivity index (χ4n) is 4.08. The van der Waals surface area contributed by atoms with Crippen molar-refractivity contribution in [2.45, 2.75) is 37.2 Å². The van der Waals surface area contributed by atoms with Crippen LogP contribution >= 0.6 is 0 Å². The van der Waals surface area contributed by atoms with Crippen molar-refractivity contribution in [3.05, 3.63) is 60.2 Å². The Kier molecular flexibility index (Phi) is 6.05. The molecule has 0 unspecified atom stereocenters. The number of methoxy groups -OCH3 is 1. The Labute approximate surface area is 172 Å². The van der Waals surface area contributed by atoms with E-state index in [2.05, 4.69) is 0 Å². The van der Waals surface area contributed by atoms with Gasteiger partial charge in [0.2, 0.25) is 5.91 Å². The quantitative estimate of drug-likeness (QED) is 0.638. The fourth-order valence-corrected chi connectivity index (χ4v) is 4.08. The molecule has 0 radical (unpaired) electrons. The SMILES string of the molecule is COc1ccc(C2(C(=O)N3CCC(OCCOc4ccccc4)CC3)CC2)cc1. The molecule has 2 fully saturated rings. The van der Waals surface area contributed by atoms with Crippen molar-refractivity contribution in [2.75, 3.05) is 33.4 Å². The van der Waals surface area contributed by atoms with Gasteiger partial charge in [0.25, 0.3) is 0 Å². The molecule has 2 aliphatic rings. The number of nitrogens with zero attached hydrogens (tertiary/aromatic N) is 1. The molecule has 4 rings (SSSR count). The Morgan fingerprint density at radius 2 is 1.66 bits per heavy atom. The summed E-state index contributed by atoms with van der Waals surface area (Å²) in [5.74, 6) is 1.96. The number of piperidine rings is 1. The summed E-state index contributed by atoms with van der Waals surface area (Å²) in [6, 6.07) is 17.7. The largest absolute Gasteiger partial charge is 0.497 e. The summed E-state index contributed by atoms with van der Waals surface area (Å²) in [4.78, 5) is 15.2. The first kappa shape index (κ1) is 19.8. The molecule has 2 aromatic carbocycles. The van der Waals surface area contributed by atoms with Gasteiger partial charge in [0.05, 0.1) is 25.2 Å². The highest BCUT2D eigenvalue weighted by Crippen LogP contribution is 2.50. The highest BCUT2D eigenvalue weighted by Gasteiger charge is 2.53. The van der Waals surface area contributed by atoms with Crippen molar-refractivity contribution in [2.24, 2.45) is 0 Å². The van der Waals surface area contributed by atoms with Gasteiger partial charge in [-0.05, 0) is 55.5 Å². The Bertz CT molecular complexity index is 793. The van der Waals surface area contributed by atoms with Gasteiger partial charge in [0.1, 0.15) is 18.1 Å². The minimum Gasteiger partial charge on any atom is -0.497 e. The van der Waals surface area contributed by atoms with E-state index in [1.165, 1.54) is 0 Å². The molecule has 5 nitrogen and oxygen atoms in total. The first-order valence-electron chi connectivity index (χ1n) is 10.4. The zero-order valence-corrected chi connectivity index (χ0v) is 17.0. The molecule has 154 valence electrons. The van der Waals surface area contributed by atoms with Crippen LogP contribution in [0, 0.1) is 0 Å². The number of likely N-dealkylation sites (tertiary alicyclic amines) is 1. The van der Waals surface area contributed by atoms with Crippen LogP contribution in [0.1, 0.15) is 31.2 Å². The van der Waals surface area contributed by atoms with Gasteiger partial charge in [-0.1, -0.05) is 30.3 Å². The second kappa shape index (κ2) is 8.87. The average molecular weight is 395 g/mol. The maximum atomic E-state index is 13.2. The zero-order valence-electron chi connectivity index (χ0n) is 17.0. The monoisotopic (exact) mass is 395 g/mol. The molecule has 29 heavy (non-hydrogen) atoms. The molecule has 1 aliphatic carbocycles. The van der Waals surface area contributed by atoms with E-state index in [-0.39, 0.29) is 17.4 Å². The molecule has 0 spiro atoms. The van der Waals surface area contributed by atoms with Crippen LogP contribution < -0.4 is 9.47 Å². The third kappa shape index (κ3) is 4.56. The van der Waals surface area contributed by atoms with Crippen molar-refractivity contribution in [3.63, 3.8) is 0 Å². The molecule has 1 saturated heterocycles. The van der Waals surface area contributed by atoms with E-state index in [0.29, 0.717) is 13.2 Å². The maximum Gasteiger partial charge on any atom is 0.233 e. The van der Waals surface area contributed by atoms with Gasteiger partial charge in [-0.15, -0.1) is 0 Å². The summed E-state index contributed by atoms with van der Waals surface area (Å²) in [5, 5.41) is 0. The topological polar surface area (TPSA) is 48.0 Å². The number of hydrogen-bond donors (Lipinski definition) is 0. The van der Waals surface area contributed by atoms with E-state index in [4.69, 9.17) is 14.2 Å². The predicted molar refractivity (Wildman–Crippen MR) is 111 cm³/mol. The minimum atomic E-state index is -0.316. The van der Waals surface area contributed by atoms with Crippen LogP contribution in [0.5, 0.6) is 11.5 Å². The van der Waals surface area contributed by atoms with E-state index >= 15 is 0 Å². The van der Waals surface area contributed by atoms with Crippen molar-refractivity contribution in [1.82, 2.24) is 4.90 Å². The average Bonchev–Trinajstić information content (AvgIpc) is 3.59. The molecule has 0 atom stereocenters. The second-order valence-corrected chi connectivity index (χ2v) is 7.83. The summed E-state index contributed by atoms with van der Waals surface area (Å²) < 4.78 is 16.9. The van der Waals surface area contributed by atoms with Gasteiger partial charge in [-0.25, -0.2) is 0 Å². The molecule has 2 aromatic rings. The van der Waals surface area contributed by atoms with Crippen molar-refractivity contribution >= 4 is 5.91 Å². The fraction of sp³-hybridized carbons (Fsp3) is 0.458. The van der Waals surface area contributed by atoms with Crippen LogP contribution in [0.2, 0.25) is 0 Å². The normalized spacial score (nSPS) is 18.3. The number of ether oxygens (including phenoxy) is 3. The molecule has 1 aliphatic heterocycles. The third-order valence-electron chi connectivity index (χ3n) is 5.98. The summed E-state index contributed by atoms with van der Waals surface area (Å²) in [5.41, 5.74) is 0.795. The highest BCUT2D eigenvalue weighted by atomic mass is 16.5. The smallest absolute Gasteiger partial charge is 0.233 e. The van der Waals surface area contributed by atoms with Gasteiger partial charge in [-0.2, -0.15) is 0 Å². The van der Waals surface area contributed by atoms with Crippen LogP contribution in [0.3, 0.4) is 0 Å². The van der Waals surface area contributed by atoms with Crippen LogP contribution in [0.4, 0.5) is 0 Å². The van der Waals surface area contributed by atoms with E-state index < -0.39 is 0 Å². The zero-order chi connectivity index (χ0) is 20.1. The molecule has 0 N–H and O–H groups in total. The van der Waals surface area contributed by atoms with Crippen LogP contribution in [0.15, 0.2) is 54.6 Å². The molecule has 1 heterocycles. The van der Waals surface area contributed by atoms with E-state index in [9.17, 15) is 4.79 Å². The summed E-state index contributed by atoms with van der Waals surface area (Å²) in [7, 11) is 1.66. The molecule has 1 amide bonds. The third-order valence-corrected chi connectivity index (χ3v) is 5.98. The van der Waals surface area contributed by atoms with E-state index in [1.807, 2.05) is 59.5 Å². The summed E-state index contributed by atoms with van der Waals surface area (Å²) >= 11 is 0. The highest BCUT2D eigenvalue weighted by molar-refractivity contribution is 5.91. The Hall–Kier alpha value is -2.53. The standard InChI is InChI=1S/C24H29NO4/c1-27-20-9-7-19(8-10-20)24(13-14-24)23(26)25-15-11-22(12-16-25)29-18-17-28-21-5-3-2-4-6-21/h2-10,22H,11-18H2,1H3. The van der Waals surface area contributed by atoms with Gasteiger partial charge >= 0.3 is 0 Å². The first-order valence-corrected chi connectivity index (χ1v) is 10.4. The summed E-state index contributed by atoms with van der Waals surface area (Å²) in [6.45, 7) is 2.65. The van der Waals surface area contributed by atoms with Gasteiger partial charge in [0.15, 0.2) is 0 Å². The Balaban J connectivity index is 1.22. The van der Waals surface area contributed by atoms with Crippen molar-refractivity contribution in [1.29, 1.82) is 0 Å². The lowest BCUT2D eigenvalue weighted by Gasteiger charge is -2.34. The summed E-state index contributed by atoms with van der Waals surface area (Å²) in [6.07, 6.45) is 3.84. The van der Waals surface area contributed by atoms with Crippen molar-refractivity contribution < 1.29 is 19.0 Å². The molecule has 5 heteroatoms. The number of carbonyl (C=O) groups excluding carboxylic acids is 1. The van der Waals surface area contributed by atoms with Crippen LogP contribution in [-0.2, 0) is 14.9 Å². The molecule has 1 saturated carbocycles. The lowest BCUT2D eigenvalue weighted by Crippen LogP contribution is -2.45. The second-order valence-electron chi connectivity index (χ2n) is 7.83. The lowest BCUT2D eigenvalue weighted by atomic mass is 9.93. The number of carbonyl (C=O) groups is 1. The van der Waals surface area contributed by atoms with E-state index in [1.54, 1.807) is 7.11 Å². The molecule has 0 aromatic heterocycles. The van der Waals surface area contributed by atoms with Crippen LogP contribution in [0.25, 0.3) is 0 Å². The number of rotatable bonds is 8. The number of hydrogen-bond acceptors (Lipinski definition) is 4. The van der Waals surface area contributed by atoms with Gasteiger partial charge in [-0.3, -0.25) is 4.79 Å². The predicted octanol–water partition coefficient (Wildman–Crippen LogP) is 3.81. The molecular formula is C24H29NO4. The van der Waals surface area contributed by atoms with Gasteiger partial charge < -0.3 is 19.1 Å². The van der Waals surface area contributed by atoms with Gasteiger partial charge in [0, 0.05) is 13.1 Å². The Morgan fingerprint density at radius 1 is 0.966 bits per heavy atom. The molecular weight excluding hydrogens is 366 g/mol. The molecule has 0 bridgehead atoms. The van der Waals surface area contributed by atoms with Crippen molar-refractivity contribution in [3.8, 4) is 11.5 Å². The number of amides is 1. The minimum absolute atomic E-state index is 0.203. The Morgan fingerprint density at radius 3 is 2.28 bits per heavy atom. The number of para-hydroxylation sites is 1. The van der Waals surface area contributed by atoms with E-state index in [0.717, 1.165) is 55.8 Å². The maximum absolute atomic E-state index is 13.2. The van der Waals surface area contributed by atoms with Crippen LogP contribution in [-0.4, -0.2) is 50.3 Å². The lowest BCUT2D eigenvalue weighted by molar-refractivity contribution is -0.136.